The second kappa shape index (κ2) is 14.3. The molecule has 1 atom stereocenters. The van der Waals surface area contributed by atoms with Gasteiger partial charge >= 0.3 is 12.1 Å². The molecule has 1 amide bonds. The normalized spacial score (nSPS) is 19.5. The molecule has 0 saturated heterocycles. The summed E-state index contributed by atoms with van der Waals surface area (Å²) in [5.74, 6) is 0.562. The van der Waals surface area contributed by atoms with E-state index in [1.165, 1.54) is 0 Å². The van der Waals surface area contributed by atoms with E-state index in [-0.39, 0.29) is 47.9 Å². The summed E-state index contributed by atoms with van der Waals surface area (Å²) in [5, 5.41) is 9.70. The average molecular weight is 575 g/mol. The van der Waals surface area contributed by atoms with Gasteiger partial charge in [0.1, 0.15) is 5.60 Å². The van der Waals surface area contributed by atoms with Crippen molar-refractivity contribution in [3.8, 4) is 0 Å². The Balaban J connectivity index is 0.00000544. The van der Waals surface area contributed by atoms with Crippen LogP contribution in [0.4, 0.5) is 4.79 Å². The number of nitrogens with zero attached hydrogens (tertiary/aromatic N) is 1. The molecular weight excluding hydrogens is 535 g/mol. The minimum Gasteiger partial charge on any atom is -0.466 e. The molecule has 1 aliphatic rings. The first-order valence-corrected chi connectivity index (χ1v) is 11.4. The molecule has 3 N–H and O–H groups in total. The van der Waals surface area contributed by atoms with Crippen LogP contribution in [0.1, 0.15) is 65.0 Å². The van der Waals surface area contributed by atoms with Gasteiger partial charge in [-0.05, 0) is 58.9 Å². The van der Waals surface area contributed by atoms with E-state index in [9.17, 15) is 9.59 Å². The third-order valence-electron chi connectivity index (χ3n) is 5.28. The number of halogens is 1. The SMILES string of the molecule is CCOC(=O)C1CCC(NC(=NC)NCC(NC(=O)OC(C)(C)C)c2ccccc2)CC1.I. The van der Waals surface area contributed by atoms with Gasteiger partial charge in [0.2, 0.25) is 0 Å². The molecular formula is C24H39IN4O4. The monoisotopic (exact) mass is 574 g/mol. The minimum absolute atomic E-state index is 0. The van der Waals surface area contributed by atoms with Crippen molar-refractivity contribution in [2.45, 2.75) is 71.1 Å². The van der Waals surface area contributed by atoms with Crippen molar-refractivity contribution in [1.82, 2.24) is 16.0 Å². The number of esters is 1. The maximum absolute atomic E-state index is 12.4. The van der Waals surface area contributed by atoms with Crippen LogP contribution in [0.5, 0.6) is 0 Å². The maximum atomic E-state index is 12.4. The fraction of sp³-hybridized carbons (Fsp3) is 0.625. The van der Waals surface area contributed by atoms with Crippen molar-refractivity contribution in [1.29, 1.82) is 0 Å². The van der Waals surface area contributed by atoms with Gasteiger partial charge in [-0.3, -0.25) is 9.79 Å². The van der Waals surface area contributed by atoms with Crippen molar-refractivity contribution in [2.24, 2.45) is 10.9 Å². The van der Waals surface area contributed by atoms with Crippen molar-refractivity contribution in [3.63, 3.8) is 0 Å². The van der Waals surface area contributed by atoms with Gasteiger partial charge in [-0.25, -0.2) is 4.79 Å². The van der Waals surface area contributed by atoms with Gasteiger partial charge in [-0.1, -0.05) is 30.3 Å². The van der Waals surface area contributed by atoms with Crippen LogP contribution in [-0.2, 0) is 14.3 Å². The lowest BCUT2D eigenvalue weighted by Gasteiger charge is -2.29. The molecule has 0 spiro atoms. The highest BCUT2D eigenvalue weighted by molar-refractivity contribution is 14.0. The summed E-state index contributed by atoms with van der Waals surface area (Å²) in [6, 6.07) is 9.70. The number of nitrogens with one attached hydrogen (secondary N) is 3. The van der Waals surface area contributed by atoms with E-state index in [1.807, 2.05) is 58.0 Å². The van der Waals surface area contributed by atoms with Crippen LogP contribution in [0, 0.1) is 5.92 Å². The molecule has 0 heterocycles. The Hall–Kier alpha value is -2.04. The Morgan fingerprint density at radius 1 is 1.12 bits per heavy atom. The predicted molar refractivity (Wildman–Crippen MR) is 141 cm³/mol. The predicted octanol–water partition coefficient (Wildman–Crippen LogP) is 4.16. The van der Waals surface area contributed by atoms with Crippen molar-refractivity contribution < 1.29 is 19.1 Å². The number of carbonyl (C=O) groups excluding carboxylic acids is 2. The Kier molecular flexibility index (Phi) is 12.5. The summed E-state index contributed by atoms with van der Waals surface area (Å²) >= 11 is 0. The average Bonchev–Trinajstić information content (AvgIpc) is 2.75. The number of benzene rings is 1. The standard InChI is InChI=1S/C24H38N4O4.HI/c1-6-31-21(29)18-12-14-19(15-13-18)27-22(25-5)26-16-20(17-10-8-7-9-11-17)28-23(30)32-24(2,3)4;/h7-11,18-20H,6,12-16H2,1-5H3,(H,28,30)(H2,25,26,27);1H. The van der Waals surface area contributed by atoms with Gasteiger partial charge in [0.15, 0.2) is 5.96 Å². The van der Waals surface area contributed by atoms with Crippen molar-refractivity contribution in [3.05, 3.63) is 35.9 Å². The molecule has 1 aliphatic carbocycles. The Morgan fingerprint density at radius 2 is 1.76 bits per heavy atom. The highest BCUT2D eigenvalue weighted by Crippen LogP contribution is 2.25. The number of hydrogen-bond donors (Lipinski definition) is 3. The lowest BCUT2D eigenvalue weighted by Crippen LogP contribution is -2.48. The van der Waals surface area contributed by atoms with E-state index in [1.54, 1.807) is 7.05 Å². The van der Waals surface area contributed by atoms with Gasteiger partial charge < -0.3 is 25.4 Å². The lowest BCUT2D eigenvalue weighted by atomic mass is 9.86. The van der Waals surface area contributed by atoms with E-state index in [0.29, 0.717) is 19.1 Å². The van der Waals surface area contributed by atoms with Crippen LogP contribution in [-0.4, -0.2) is 49.9 Å². The highest BCUT2D eigenvalue weighted by atomic mass is 127. The topological polar surface area (TPSA) is 101 Å². The molecule has 0 aliphatic heterocycles. The molecule has 9 heteroatoms. The fourth-order valence-corrected chi connectivity index (χ4v) is 3.71. The molecule has 1 aromatic carbocycles. The minimum atomic E-state index is -0.571. The second-order valence-electron chi connectivity index (χ2n) is 9.01. The molecule has 1 aromatic rings. The Morgan fingerprint density at radius 3 is 2.30 bits per heavy atom. The van der Waals surface area contributed by atoms with E-state index in [2.05, 4.69) is 20.9 Å². The summed E-state index contributed by atoms with van der Waals surface area (Å²) in [6.07, 6.45) is 2.90. The van der Waals surface area contributed by atoms with Gasteiger partial charge in [0, 0.05) is 19.6 Å². The molecule has 0 radical (unpaired) electrons. The molecule has 1 fully saturated rings. The molecule has 0 aromatic heterocycles. The molecule has 186 valence electrons. The van der Waals surface area contributed by atoms with Crippen LogP contribution >= 0.6 is 24.0 Å². The third kappa shape index (κ3) is 10.6. The van der Waals surface area contributed by atoms with Gasteiger partial charge in [-0.15, -0.1) is 24.0 Å². The summed E-state index contributed by atoms with van der Waals surface area (Å²) in [6.45, 7) is 8.22. The smallest absolute Gasteiger partial charge is 0.408 e. The molecule has 2 rings (SSSR count). The number of hydrogen-bond acceptors (Lipinski definition) is 5. The number of alkyl carbamates (subject to hydrolysis) is 1. The number of guanidine groups is 1. The van der Waals surface area contributed by atoms with Gasteiger partial charge in [0.25, 0.3) is 0 Å². The highest BCUT2D eigenvalue weighted by Gasteiger charge is 2.28. The zero-order valence-electron chi connectivity index (χ0n) is 20.3. The maximum Gasteiger partial charge on any atom is 0.408 e. The van der Waals surface area contributed by atoms with Gasteiger partial charge in [-0.2, -0.15) is 0 Å². The zero-order valence-corrected chi connectivity index (χ0v) is 22.7. The third-order valence-corrected chi connectivity index (χ3v) is 5.28. The number of ether oxygens (including phenoxy) is 2. The van der Waals surface area contributed by atoms with Crippen LogP contribution in [0.3, 0.4) is 0 Å². The molecule has 33 heavy (non-hydrogen) atoms. The van der Waals surface area contributed by atoms with Crippen LogP contribution in [0.25, 0.3) is 0 Å². The van der Waals surface area contributed by atoms with Crippen molar-refractivity contribution in [2.75, 3.05) is 20.2 Å². The van der Waals surface area contributed by atoms with Crippen LogP contribution in [0.15, 0.2) is 35.3 Å². The molecule has 8 nitrogen and oxygen atoms in total. The number of amides is 1. The van der Waals surface area contributed by atoms with E-state index in [4.69, 9.17) is 9.47 Å². The zero-order chi connectivity index (χ0) is 23.6. The number of carbonyl (C=O) groups is 2. The quantitative estimate of drug-likeness (QED) is 0.196. The number of rotatable bonds is 7. The lowest BCUT2D eigenvalue weighted by molar-refractivity contribution is -0.149. The summed E-state index contributed by atoms with van der Waals surface area (Å²) in [4.78, 5) is 28.6. The second-order valence-corrected chi connectivity index (χ2v) is 9.01. The summed E-state index contributed by atoms with van der Waals surface area (Å²) in [7, 11) is 1.72. The number of aliphatic imine (C=N–C) groups is 1. The van der Waals surface area contributed by atoms with Crippen LogP contribution in [0.2, 0.25) is 0 Å². The van der Waals surface area contributed by atoms with E-state index in [0.717, 1.165) is 31.2 Å². The van der Waals surface area contributed by atoms with E-state index >= 15 is 0 Å². The summed E-state index contributed by atoms with van der Waals surface area (Å²) < 4.78 is 10.6. The molecule has 0 bridgehead atoms. The first kappa shape index (κ1) is 29.0. The first-order valence-electron chi connectivity index (χ1n) is 11.4. The molecule has 1 saturated carbocycles. The largest absolute Gasteiger partial charge is 0.466 e. The van der Waals surface area contributed by atoms with E-state index < -0.39 is 11.7 Å². The van der Waals surface area contributed by atoms with Gasteiger partial charge in [0.05, 0.1) is 18.6 Å². The van der Waals surface area contributed by atoms with Crippen molar-refractivity contribution >= 4 is 42.0 Å². The summed E-state index contributed by atoms with van der Waals surface area (Å²) in [5.41, 5.74) is 0.398. The Bertz CT molecular complexity index is 759. The van der Waals surface area contributed by atoms with Crippen LogP contribution < -0.4 is 16.0 Å². The first-order chi connectivity index (χ1) is 15.2. The fourth-order valence-electron chi connectivity index (χ4n) is 3.71. The molecule has 1 unspecified atom stereocenters. The Labute approximate surface area is 214 Å².